The van der Waals surface area contributed by atoms with Gasteiger partial charge in [-0.3, -0.25) is 9.80 Å². The van der Waals surface area contributed by atoms with E-state index in [9.17, 15) is 5.11 Å². The normalized spacial score (nSPS) is 31.6. The second-order valence-corrected chi connectivity index (χ2v) is 8.31. The van der Waals surface area contributed by atoms with E-state index < -0.39 is 5.60 Å². The van der Waals surface area contributed by atoms with Gasteiger partial charge in [-0.15, -0.1) is 0 Å². The van der Waals surface area contributed by atoms with E-state index in [4.69, 9.17) is 4.74 Å². The molecule has 2 heterocycles. The number of β-amino-alcohol motifs (C(OH)–C–C–N with tert-alkyl or cyclic N) is 1. The zero-order valence-corrected chi connectivity index (χ0v) is 14.1. The lowest BCUT2D eigenvalue weighted by molar-refractivity contribution is -0.0848. The third kappa shape index (κ3) is 3.94. The summed E-state index contributed by atoms with van der Waals surface area (Å²) in [6, 6.07) is 0.502. The summed E-state index contributed by atoms with van der Waals surface area (Å²) in [6.45, 7) is 17.6. The van der Waals surface area contributed by atoms with Crippen molar-refractivity contribution in [3.05, 3.63) is 0 Å². The number of nitrogens with zero attached hydrogens (tertiary/aromatic N) is 2. The molecule has 118 valence electrons. The highest BCUT2D eigenvalue weighted by atomic mass is 16.5. The Hall–Kier alpha value is -0.160. The molecule has 0 bridgehead atoms. The fourth-order valence-corrected chi connectivity index (χ4v) is 3.88. The zero-order chi connectivity index (χ0) is 15.2. The van der Waals surface area contributed by atoms with Crippen LogP contribution in [0.4, 0.5) is 0 Å². The van der Waals surface area contributed by atoms with Gasteiger partial charge in [0.25, 0.3) is 0 Å². The summed E-state index contributed by atoms with van der Waals surface area (Å²) in [5, 5.41) is 9.92. The van der Waals surface area contributed by atoms with Crippen LogP contribution in [0.15, 0.2) is 0 Å². The Balaban J connectivity index is 1.91. The topological polar surface area (TPSA) is 35.9 Å². The minimum absolute atomic E-state index is 0.0155. The van der Waals surface area contributed by atoms with Gasteiger partial charge in [0.15, 0.2) is 0 Å². The number of ether oxygens (including phenoxy) is 1. The number of hydrogen-bond acceptors (Lipinski definition) is 4. The predicted molar refractivity (Wildman–Crippen MR) is 82.0 cm³/mol. The molecule has 4 heteroatoms. The fraction of sp³-hybridized carbons (Fsp3) is 1.00. The number of piperazine rings is 1. The van der Waals surface area contributed by atoms with Gasteiger partial charge in [-0.2, -0.15) is 0 Å². The molecule has 2 fully saturated rings. The standard InChI is InChI=1S/C16H32N2O2/c1-14(2,19)12-17-7-9-18(10-8-17)13-11-15(3,4)20-16(13,5)6/h13,19H,7-12H2,1-6H3. The highest BCUT2D eigenvalue weighted by Crippen LogP contribution is 2.40. The number of hydrogen-bond donors (Lipinski definition) is 1. The fourth-order valence-electron chi connectivity index (χ4n) is 3.88. The van der Waals surface area contributed by atoms with Gasteiger partial charge in [0.2, 0.25) is 0 Å². The molecule has 0 aliphatic carbocycles. The molecule has 2 rings (SSSR count). The van der Waals surface area contributed by atoms with Crippen molar-refractivity contribution in [2.24, 2.45) is 0 Å². The first-order chi connectivity index (χ1) is 8.99. The largest absolute Gasteiger partial charge is 0.389 e. The molecule has 0 amide bonds. The molecule has 2 saturated heterocycles. The monoisotopic (exact) mass is 284 g/mol. The van der Waals surface area contributed by atoms with E-state index in [1.807, 2.05) is 13.8 Å². The summed E-state index contributed by atoms with van der Waals surface area (Å²) in [6.07, 6.45) is 1.10. The second kappa shape index (κ2) is 5.24. The Bertz CT molecular complexity index is 339. The van der Waals surface area contributed by atoms with Gasteiger partial charge < -0.3 is 9.84 Å². The van der Waals surface area contributed by atoms with Crippen molar-refractivity contribution < 1.29 is 9.84 Å². The average Bonchev–Trinajstić information content (AvgIpc) is 2.45. The Morgan fingerprint density at radius 2 is 1.65 bits per heavy atom. The summed E-state index contributed by atoms with van der Waals surface area (Å²) < 4.78 is 6.21. The maximum Gasteiger partial charge on any atom is 0.0789 e. The van der Waals surface area contributed by atoms with Crippen LogP contribution in [0.5, 0.6) is 0 Å². The lowest BCUT2D eigenvalue weighted by Crippen LogP contribution is -2.56. The quantitative estimate of drug-likeness (QED) is 0.856. The molecule has 2 aliphatic rings. The summed E-state index contributed by atoms with van der Waals surface area (Å²) in [4.78, 5) is 4.94. The van der Waals surface area contributed by atoms with Crippen LogP contribution in [0.3, 0.4) is 0 Å². The van der Waals surface area contributed by atoms with Crippen LogP contribution in [-0.4, -0.2) is 70.5 Å². The first kappa shape index (κ1) is 16.2. The van der Waals surface area contributed by atoms with E-state index in [1.54, 1.807) is 0 Å². The van der Waals surface area contributed by atoms with E-state index in [0.29, 0.717) is 6.04 Å². The molecule has 0 aromatic carbocycles. The third-order valence-electron chi connectivity index (χ3n) is 4.48. The van der Waals surface area contributed by atoms with Crippen LogP contribution in [0.1, 0.15) is 48.0 Å². The van der Waals surface area contributed by atoms with E-state index in [0.717, 1.165) is 39.1 Å². The van der Waals surface area contributed by atoms with Crippen LogP contribution in [0.25, 0.3) is 0 Å². The van der Waals surface area contributed by atoms with Gasteiger partial charge in [0, 0.05) is 38.8 Å². The van der Waals surface area contributed by atoms with E-state index in [1.165, 1.54) is 0 Å². The van der Waals surface area contributed by atoms with Gasteiger partial charge in [0.05, 0.1) is 16.8 Å². The molecular weight excluding hydrogens is 252 g/mol. The molecule has 1 N–H and O–H groups in total. The Morgan fingerprint density at radius 1 is 1.10 bits per heavy atom. The van der Waals surface area contributed by atoms with E-state index in [2.05, 4.69) is 37.5 Å². The smallest absolute Gasteiger partial charge is 0.0789 e. The molecule has 1 atom stereocenters. The summed E-state index contributed by atoms with van der Waals surface area (Å²) in [5.41, 5.74) is -0.680. The Morgan fingerprint density at radius 3 is 2.05 bits per heavy atom. The van der Waals surface area contributed by atoms with Crippen LogP contribution in [-0.2, 0) is 4.74 Å². The SMILES string of the molecule is CC(C)(O)CN1CCN(C2CC(C)(C)OC2(C)C)CC1. The maximum atomic E-state index is 9.92. The van der Waals surface area contributed by atoms with Crippen molar-refractivity contribution in [3.63, 3.8) is 0 Å². The molecule has 0 aromatic heterocycles. The van der Waals surface area contributed by atoms with Gasteiger partial charge in [-0.1, -0.05) is 0 Å². The van der Waals surface area contributed by atoms with Crippen molar-refractivity contribution in [1.29, 1.82) is 0 Å². The lowest BCUT2D eigenvalue weighted by atomic mass is 9.92. The molecule has 2 aliphatic heterocycles. The first-order valence-corrected chi connectivity index (χ1v) is 7.88. The van der Waals surface area contributed by atoms with Crippen LogP contribution < -0.4 is 0 Å². The molecule has 0 spiro atoms. The first-order valence-electron chi connectivity index (χ1n) is 7.88. The van der Waals surface area contributed by atoms with Crippen molar-refractivity contribution in [1.82, 2.24) is 9.80 Å². The van der Waals surface area contributed by atoms with Crippen molar-refractivity contribution >= 4 is 0 Å². The van der Waals surface area contributed by atoms with Crippen LogP contribution in [0, 0.1) is 0 Å². The molecule has 4 nitrogen and oxygen atoms in total. The molecule has 0 radical (unpaired) electrons. The molecule has 0 saturated carbocycles. The molecule has 1 unspecified atom stereocenters. The van der Waals surface area contributed by atoms with Crippen LogP contribution >= 0.6 is 0 Å². The van der Waals surface area contributed by atoms with Gasteiger partial charge in [-0.05, 0) is 48.0 Å². The average molecular weight is 284 g/mol. The van der Waals surface area contributed by atoms with E-state index >= 15 is 0 Å². The number of rotatable bonds is 3. The summed E-state index contributed by atoms with van der Waals surface area (Å²) >= 11 is 0. The van der Waals surface area contributed by atoms with Gasteiger partial charge >= 0.3 is 0 Å². The van der Waals surface area contributed by atoms with Gasteiger partial charge in [0.1, 0.15) is 0 Å². The minimum atomic E-state index is -0.597. The van der Waals surface area contributed by atoms with E-state index in [-0.39, 0.29) is 11.2 Å². The Kier molecular flexibility index (Phi) is 4.25. The molecular formula is C16H32N2O2. The highest BCUT2D eigenvalue weighted by molar-refractivity contribution is 5.01. The second-order valence-electron chi connectivity index (χ2n) is 8.31. The van der Waals surface area contributed by atoms with Crippen molar-refractivity contribution in [2.75, 3.05) is 32.7 Å². The van der Waals surface area contributed by atoms with Crippen molar-refractivity contribution in [3.8, 4) is 0 Å². The lowest BCUT2D eigenvalue weighted by Gasteiger charge is -2.42. The highest BCUT2D eigenvalue weighted by Gasteiger charge is 2.48. The third-order valence-corrected chi connectivity index (χ3v) is 4.48. The summed E-state index contributed by atoms with van der Waals surface area (Å²) in [7, 11) is 0. The predicted octanol–water partition coefficient (Wildman–Crippen LogP) is 1.72. The van der Waals surface area contributed by atoms with Crippen LogP contribution in [0.2, 0.25) is 0 Å². The molecule has 0 aromatic rings. The van der Waals surface area contributed by atoms with Gasteiger partial charge in [-0.25, -0.2) is 0 Å². The van der Waals surface area contributed by atoms with Crippen molar-refractivity contribution in [2.45, 2.75) is 70.8 Å². The minimum Gasteiger partial charge on any atom is -0.389 e. The maximum absolute atomic E-state index is 9.92. The Labute approximate surface area is 124 Å². The summed E-state index contributed by atoms with van der Waals surface area (Å²) in [5.74, 6) is 0. The molecule has 20 heavy (non-hydrogen) atoms. The zero-order valence-electron chi connectivity index (χ0n) is 14.1. The number of aliphatic hydroxyl groups is 1.